The van der Waals surface area contributed by atoms with Crippen LogP contribution in [0.3, 0.4) is 0 Å². The van der Waals surface area contributed by atoms with E-state index in [9.17, 15) is 4.79 Å². The number of anilines is 1. The van der Waals surface area contributed by atoms with Gasteiger partial charge in [0.1, 0.15) is 11.9 Å². The van der Waals surface area contributed by atoms with Crippen LogP contribution in [0.25, 0.3) is 0 Å². The smallest absolute Gasteiger partial charge is 0.244 e. The van der Waals surface area contributed by atoms with Crippen LogP contribution in [-0.2, 0) is 16.1 Å². The minimum absolute atomic E-state index is 0.0264. The summed E-state index contributed by atoms with van der Waals surface area (Å²) in [4.78, 5) is 18.6. The average Bonchev–Trinajstić information content (AvgIpc) is 3.37. The Morgan fingerprint density at radius 3 is 3.14 bits per heavy atom. The van der Waals surface area contributed by atoms with Gasteiger partial charge in [-0.05, 0) is 18.9 Å². The molecule has 1 aliphatic carbocycles. The Bertz CT molecular complexity index is 504. The highest BCUT2D eigenvalue weighted by atomic mass is 16.5. The number of morpholine rings is 1. The highest BCUT2D eigenvalue weighted by Gasteiger charge is 2.31. The third-order valence-electron chi connectivity index (χ3n) is 3.98. The van der Waals surface area contributed by atoms with Gasteiger partial charge in [-0.2, -0.15) is 0 Å². The first-order chi connectivity index (χ1) is 10.3. The summed E-state index contributed by atoms with van der Waals surface area (Å²) < 4.78 is 5.46. The standard InChI is InChI=1S/C15H22N4O2/c1-16-15(20)13-10-21-8-7-19(13)14-11(3-2-6-17-14)9-18-12-4-5-12/h2-3,6,12-13,18H,4-5,7-10H2,1H3,(H,16,20). The number of rotatable bonds is 5. The van der Waals surface area contributed by atoms with Crippen molar-refractivity contribution in [2.75, 3.05) is 31.7 Å². The van der Waals surface area contributed by atoms with E-state index >= 15 is 0 Å². The largest absolute Gasteiger partial charge is 0.377 e. The molecule has 1 unspecified atom stereocenters. The molecule has 1 aromatic rings. The molecule has 1 aliphatic heterocycles. The van der Waals surface area contributed by atoms with E-state index in [-0.39, 0.29) is 11.9 Å². The fraction of sp³-hybridized carbons (Fsp3) is 0.600. The first-order valence-electron chi connectivity index (χ1n) is 7.53. The van der Waals surface area contributed by atoms with Gasteiger partial charge in [0.15, 0.2) is 0 Å². The van der Waals surface area contributed by atoms with Crippen molar-refractivity contribution in [2.24, 2.45) is 0 Å². The van der Waals surface area contributed by atoms with Gasteiger partial charge in [-0.3, -0.25) is 4.79 Å². The number of nitrogens with one attached hydrogen (secondary N) is 2. The van der Waals surface area contributed by atoms with E-state index in [0.717, 1.165) is 17.9 Å². The predicted molar refractivity (Wildman–Crippen MR) is 80.1 cm³/mol. The number of carbonyl (C=O) groups is 1. The molecule has 1 atom stereocenters. The summed E-state index contributed by atoms with van der Waals surface area (Å²) in [7, 11) is 1.66. The first-order valence-corrected chi connectivity index (χ1v) is 7.53. The second kappa shape index (κ2) is 6.41. The van der Waals surface area contributed by atoms with Gasteiger partial charge >= 0.3 is 0 Å². The number of likely N-dealkylation sites (N-methyl/N-ethyl adjacent to an activating group) is 1. The van der Waals surface area contributed by atoms with Gasteiger partial charge in [0.2, 0.25) is 5.91 Å². The number of nitrogens with zero attached hydrogens (tertiary/aromatic N) is 2. The zero-order valence-corrected chi connectivity index (χ0v) is 12.3. The molecule has 114 valence electrons. The van der Waals surface area contributed by atoms with E-state index in [1.165, 1.54) is 12.8 Å². The van der Waals surface area contributed by atoms with E-state index in [1.807, 2.05) is 6.07 Å². The second-order valence-electron chi connectivity index (χ2n) is 5.54. The van der Waals surface area contributed by atoms with Gasteiger partial charge in [-0.25, -0.2) is 4.98 Å². The van der Waals surface area contributed by atoms with Crippen molar-refractivity contribution in [3.05, 3.63) is 23.9 Å². The number of pyridine rings is 1. The van der Waals surface area contributed by atoms with Crippen molar-refractivity contribution in [3.8, 4) is 0 Å². The van der Waals surface area contributed by atoms with Crippen LogP contribution < -0.4 is 15.5 Å². The van der Waals surface area contributed by atoms with E-state index in [1.54, 1.807) is 13.2 Å². The zero-order chi connectivity index (χ0) is 14.7. The Kier molecular flexibility index (Phi) is 4.36. The molecule has 2 fully saturated rings. The Hall–Kier alpha value is -1.66. The number of hydrogen-bond donors (Lipinski definition) is 2. The summed E-state index contributed by atoms with van der Waals surface area (Å²) in [5.41, 5.74) is 1.14. The molecule has 0 radical (unpaired) electrons. The summed E-state index contributed by atoms with van der Waals surface area (Å²) >= 11 is 0. The highest BCUT2D eigenvalue weighted by Crippen LogP contribution is 2.24. The lowest BCUT2D eigenvalue weighted by Gasteiger charge is -2.36. The van der Waals surface area contributed by atoms with Crippen LogP contribution in [0.1, 0.15) is 18.4 Å². The highest BCUT2D eigenvalue weighted by molar-refractivity contribution is 5.85. The van der Waals surface area contributed by atoms with Crippen molar-refractivity contribution in [1.29, 1.82) is 0 Å². The molecule has 0 spiro atoms. The number of aromatic nitrogens is 1. The van der Waals surface area contributed by atoms with Gasteiger partial charge < -0.3 is 20.3 Å². The molecular weight excluding hydrogens is 268 g/mol. The summed E-state index contributed by atoms with van der Waals surface area (Å²) in [6.07, 6.45) is 4.30. The minimum Gasteiger partial charge on any atom is -0.377 e. The van der Waals surface area contributed by atoms with Crippen molar-refractivity contribution >= 4 is 11.7 Å². The van der Waals surface area contributed by atoms with Gasteiger partial charge in [0.05, 0.1) is 13.2 Å². The van der Waals surface area contributed by atoms with Crippen LogP contribution in [-0.4, -0.2) is 49.8 Å². The summed E-state index contributed by atoms with van der Waals surface area (Å²) in [5.74, 6) is 0.865. The molecule has 6 heteroatoms. The van der Waals surface area contributed by atoms with Gasteiger partial charge in [0, 0.05) is 37.9 Å². The van der Waals surface area contributed by atoms with Crippen molar-refractivity contribution in [3.63, 3.8) is 0 Å². The maximum Gasteiger partial charge on any atom is 0.244 e. The Morgan fingerprint density at radius 2 is 2.38 bits per heavy atom. The molecule has 0 bridgehead atoms. The Morgan fingerprint density at radius 1 is 1.52 bits per heavy atom. The second-order valence-corrected chi connectivity index (χ2v) is 5.54. The van der Waals surface area contributed by atoms with Crippen molar-refractivity contribution in [1.82, 2.24) is 15.6 Å². The molecule has 0 aromatic carbocycles. The Balaban J connectivity index is 1.80. The van der Waals surface area contributed by atoms with Crippen LogP contribution in [0.5, 0.6) is 0 Å². The lowest BCUT2D eigenvalue weighted by atomic mass is 10.1. The van der Waals surface area contributed by atoms with Crippen LogP contribution >= 0.6 is 0 Å². The molecule has 3 rings (SSSR count). The van der Waals surface area contributed by atoms with Crippen LogP contribution in [0.2, 0.25) is 0 Å². The Labute approximate surface area is 124 Å². The summed E-state index contributed by atoms with van der Waals surface area (Å²) in [6.45, 7) is 2.52. The molecule has 21 heavy (non-hydrogen) atoms. The normalized spacial score (nSPS) is 22.1. The number of carbonyl (C=O) groups excluding carboxylic acids is 1. The van der Waals surface area contributed by atoms with E-state index < -0.39 is 0 Å². The van der Waals surface area contributed by atoms with E-state index in [4.69, 9.17) is 4.74 Å². The fourth-order valence-electron chi connectivity index (χ4n) is 2.61. The van der Waals surface area contributed by atoms with Crippen LogP contribution in [0.15, 0.2) is 18.3 Å². The lowest BCUT2D eigenvalue weighted by molar-refractivity contribution is -0.124. The monoisotopic (exact) mass is 290 g/mol. The summed E-state index contributed by atoms with van der Waals surface area (Å²) in [6, 6.07) is 4.37. The molecule has 1 saturated heterocycles. The lowest BCUT2D eigenvalue weighted by Crippen LogP contribution is -2.54. The third-order valence-corrected chi connectivity index (χ3v) is 3.98. The molecule has 1 amide bonds. The van der Waals surface area contributed by atoms with Crippen LogP contribution in [0, 0.1) is 0 Å². The molecule has 2 heterocycles. The molecule has 1 aromatic heterocycles. The molecule has 2 N–H and O–H groups in total. The van der Waals surface area contributed by atoms with Gasteiger partial charge in [0.25, 0.3) is 0 Å². The first kappa shape index (κ1) is 14.3. The predicted octanol–water partition coefficient (Wildman–Crippen LogP) is 0.285. The molecule has 1 saturated carbocycles. The van der Waals surface area contributed by atoms with Crippen molar-refractivity contribution < 1.29 is 9.53 Å². The number of hydrogen-bond acceptors (Lipinski definition) is 5. The van der Waals surface area contributed by atoms with Crippen molar-refractivity contribution in [2.45, 2.75) is 31.5 Å². The minimum atomic E-state index is -0.307. The maximum absolute atomic E-state index is 12.1. The van der Waals surface area contributed by atoms with E-state index in [2.05, 4.69) is 26.6 Å². The quantitative estimate of drug-likeness (QED) is 0.816. The molecular formula is C15H22N4O2. The fourth-order valence-corrected chi connectivity index (χ4v) is 2.61. The average molecular weight is 290 g/mol. The number of amides is 1. The zero-order valence-electron chi connectivity index (χ0n) is 12.3. The van der Waals surface area contributed by atoms with Gasteiger partial charge in [-0.15, -0.1) is 0 Å². The van der Waals surface area contributed by atoms with Gasteiger partial charge in [-0.1, -0.05) is 6.07 Å². The number of ether oxygens (including phenoxy) is 1. The summed E-state index contributed by atoms with van der Waals surface area (Å²) in [5, 5.41) is 6.22. The SMILES string of the molecule is CNC(=O)C1COCCN1c1ncccc1CNC1CC1. The third kappa shape index (κ3) is 3.33. The maximum atomic E-state index is 12.1. The topological polar surface area (TPSA) is 66.5 Å². The van der Waals surface area contributed by atoms with E-state index in [0.29, 0.717) is 25.8 Å². The van der Waals surface area contributed by atoms with Crippen LogP contribution in [0.4, 0.5) is 5.82 Å². The molecule has 2 aliphatic rings. The molecule has 6 nitrogen and oxygen atoms in total.